The third kappa shape index (κ3) is 2.06. The standard InChI is InChI=1S/C14H11N7S/c15-11-12(20-14-16-5-6-22-14)17-7-18-13(11)21-8-19-9-3-1-2-4-10(9)21/h1-8H,15H2,(H,16,17,18,20). The first-order valence-electron chi connectivity index (χ1n) is 6.52. The van der Waals surface area contributed by atoms with Gasteiger partial charge >= 0.3 is 0 Å². The fourth-order valence-electron chi connectivity index (χ4n) is 2.19. The van der Waals surface area contributed by atoms with E-state index in [4.69, 9.17) is 5.73 Å². The lowest BCUT2D eigenvalue weighted by Gasteiger charge is -2.10. The molecule has 0 aliphatic rings. The van der Waals surface area contributed by atoms with Crippen LogP contribution in [0.25, 0.3) is 16.9 Å². The Kier molecular flexibility index (Phi) is 2.94. The third-order valence-electron chi connectivity index (χ3n) is 3.20. The Morgan fingerprint density at radius 3 is 2.86 bits per heavy atom. The van der Waals surface area contributed by atoms with Crippen LogP contribution in [-0.4, -0.2) is 24.5 Å². The first-order valence-corrected chi connectivity index (χ1v) is 7.40. The lowest BCUT2D eigenvalue weighted by molar-refractivity contribution is 1.00. The first-order chi connectivity index (χ1) is 10.8. The summed E-state index contributed by atoms with van der Waals surface area (Å²) in [6.45, 7) is 0. The quantitative estimate of drug-likeness (QED) is 0.604. The number of nitrogen functional groups attached to an aromatic ring is 1. The molecule has 0 fully saturated rings. The van der Waals surface area contributed by atoms with Gasteiger partial charge in [-0.15, -0.1) is 11.3 Å². The summed E-state index contributed by atoms with van der Waals surface area (Å²) in [5, 5.41) is 5.71. The van der Waals surface area contributed by atoms with Gasteiger partial charge < -0.3 is 11.1 Å². The number of rotatable bonds is 3. The minimum Gasteiger partial charge on any atom is -0.393 e. The van der Waals surface area contributed by atoms with E-state index < -0.39 is 0 Å². The second-order valence-corrected chi connectivity index (χ2v) is 5.42. The molecule has 0 bridgehead atoms. The number of para-hydroxylation sites is 2. The molecule has 7 nitrogen and oxygen atoms in total. The van der Waals surface area contributed by atoms with Crippen molar-refractivity contribution in [2.24, 2.45) is 0 Å². The molecule has 8 heteroatoms. The van der Waals surface area contributed by atoms with Crippen LogP contribution in [0.1, 0.15) is 0 Å². The van der Waals surface area contributed by atoms with Crippen LogP contribution in [0.5, 0.6) is 0 Å². The highest BCUT2D eigenvalue weighted by Gasteiger charge is 2.13. The van der Waals surface area contributed by atoms with Crippen LogP contribution in [0.2, 0.25) is 0 Å². The van der Waals surface area contributed by atoms with E-state index in [1.807, 2.05) is 34.2 Å². The zero-order valence-electron chi connectivity index (χ0n) is 11.3. The molecular formula is C14H11N7S. The summed E-state index contributed by atoms with van der Waals surface area (Å²) in [5.74, 6) is 1.11. The number of nitrogens with one attached hydrogen (secondary N) is 1. The minimum absolute atomic E-state index is 0.445. The second-order valence-electron chi connectivity index (χ2n) is 4.53. The average molecular weight is 309 g/mol. The first kappa shape index (κ1) is 12.7. The van der Waals surface area contributed by atoms with Gasteiger partial charge in [-0.25, -0.2) is 19.9 Å². The van der Waals surface area contributed by atoms with Crippen molar-refractivity contribution in [3.8, 4) is 5.82 Å². The summed E-state index contributed by atoms with van der Waals surface area (Å²) in [5.41, 5.74) is 8.49. The predicted molar refractivity (Wildman–Crippen MR) is 86.5 cm³/mol. The smallest absolute Gasteiger partial charge is 0.188 e. The van der Waals surface area contributed by atoms with Crippen LogP contribution >= 0.6 is 11.3 Å². The van der Waals surface area contributed by atoms with E-state index in [1.54, 1.807) is 12.5 Å². The van der Waals surface area contributed by atoms with E-state index in [0.717, 1.165) is 16.2 Å². The molecule has 0 atom stereocenters. The lowest BCUT2D eigenvalue weighted by atomic mass is 10.3. The third-order valence-corrected chi connectivity index (χ3v) is 3.89. The number of fused-ring (bicyclic) bond motifs is 1. The van der Waals surface area contributed by atoms with Gasteiger partial charge in [0, 0.05) is 11.6 Å². The van der Waals surface area contributed by atoms with Crippen molar-refractivity contribution in [2.75, 3.05) is 11.1 Å². The Bertz CT molecular complexity index is 929. The minimum atomic E-state index is 0.445. The molecular weight excluding hydrogens is 298 g/mol. The SMILES string of the molecule is Nc1c(Nc2nccs2)ncnc1-n1cnc2ccccc21. The zero-order valence-corrected chi connectivity index (χ0v) is 12.2. The molecule has 3 N–H and O–H groups in total. The number of imidazole rings is 1. The van der Waals surface area contributed by atoms with Crippen molar-refractivity contribution < 1.29 is 0 Å². The molecule has 0 aliphatic heterocycles. The lowest BCUT2D eigenvalue weighted by Crippen LogP contribution is -2.06. The van der Waals surface area contributed by atoms with E-state index in [0.29, 0.717) is 17.3 Å². The van der Waals surface area contributed by atoms with Gasteiger partial charge in [0.2, 0.25) is 0 Å². The number of aromatic nitrogens is 5. The van der Waals surface area contributed by atoms with E-state index in [9.17, 15) is 0 Å². The van der Waals surface area contributed by atoms with Crippen molar-refractivity contribution in [1.82, 2.24) is 24.5 Å². The van der Waals surface area contributed by atoms with Gasteiger partial charge in [-0.05, 0) is 12.1 Å². The second kappa shape index (κ2) is 5.08. The highest BCUT2D eigenvalue weighted by molar-refractivity contribution is 7.13. The summed E-state index contributed by atoms with van der Waals surface area (Å²) in [6.07, 6.45) is 4.89. The Morgan fingerprint density at radius 1 is 1.09 bits per heavy atom. The number of hydrogen-bond donors (Lipinski definition) is 2. The molecule has 1 aromatic carbocycles. The van der Waals surface area contributed by atoms with Crippen LogP contribution in [0.3, 0.4) is 0 Å². The molecule has 0 amide bonds. The van der Waals surface area contributed by atoms with Gasteiger partial charge in [0.25, 0.3) is 0 Å². The van der Waals surface area contributed by atoms with E-state index in [2.05, 4.69) is 25.3 Å². The van der Waals surface area contributed by atoms with Crippen LogP contribution in [0, 0.1) is 0 Å². The van der Waals surface area contributed by atoms with Crippen molar-refractivity contribution >= 4 is 39.0 Å². The van der Waals surface area contributed by atoms with Gasteiger partial charge in [0.1, 0.15) is 18.3 Å². The van der Waals surface area contributed by atoms with E-state index in [1.165, 1.54) is 17.7 Å². The number of anilines is 3. The maximum Gasteiger partial charge on any atom is 0.188 e. The van der Waals surface area contributed by atoms with Crippen LogP contribution in [-0.2, 0) is 0 Å². The fraction of sp³-hybridized carbons (Fsp3) is 0. The summed E-state index contributed by atoms with van der Waals surface area (Å²) in [6, 6.07) is 7.81. The topological polar surface area (TPSA) is 94.5 Å². The van der Waals surface area contributed by atoms with Crippen molar-refractivity contribution in [3.05, 3.63) is 48.5 Å². The van der Waals surface area contributed by atoms with Gasteiger partial charge in [-0.1, -0.05) is 12.1 Å². The number of nitrogens with zero attached hydrogens (tertiary/aromatic N) is 5. The number of benzene rings is 1. The highest BCUT2D eigenvalue weighted by atomic mass is 32.1. The Morgan fingerprint density at radius 2 is 2.00 bits per heavy atom. The fourth-order valence-corrected chi connectivity index (χ4v) is 2.72. The van der Waals surface area contributed by atoms with Crippen molar-refractivity contribution in [3.63, 3.8) is 0 Å². The van der Waals surface area contributed by atoms with Gasteiger partial charge in [-0.3, -0.25) is 4.57 Å². The molecule has 3 heterocycles. The molecule has 0 spiro atoms. The summed E-state index contributed by atoms with van der Waals surface area (Å²) < 4.78 is 1.85. The zero-order chi connectivity index (χ0) is 14.9. The van der Waals surface area contributed by atoms with Crippen LogP contribution in [0.15, 0.2) is 48.5 Å². The molecule has 0 radical (unpaired) electrons. The average Bonchev–Trinajstić information content (AvgIpc) is 3.19. The monoisotopic (exact) mass is 309 g/mol. The van der Waals surface area contributed by atoms with Gasteiger partial charge in [0.15, 0.2) is 16.8 Å². The summed E-state index contributed by atoms with van der Waals surface area (Å²) in [4.78, 5) is 17.0. The van der Waals surface area contributed by atoms with Gasteiger partial charge in [-0.2, -0.15) is 0 Å². The maximum atomic E-state index is 6.22. The van der Waals surface area contributed by atoms with E-state index in [-0.39, 0.29) is 0 Å². The Labute approximate surface area is 129 Å². The molecule has 3 aromatic heterocycles. The molecule has 0 saturated carbocycles. The molecule has 108 valence electrons. The van der Waals surface area contributed by atoms with Crippen molar-refractivity contribution in [2.45, 2.75) is 0 Å². The summed E-state index contributed by atoms with van der Waals surface area (Å²) >= 11 is 1.48. The number of hydrogen-bond acceptors (Lipinski definition) is 7. The Balaban J connectivity index is 1.82. The number of thiazole rings is 1. The molecule has 0 saturated heterocycles. The Hall–Kier alpha value is -3.00. The highest BCUT2D eigenvalue weighted by Crippen LogP contribution is 2.27. The molecule has 0 unspecified atom stereocenters. The van der Waals surface area contributed by atoms with Gasteiger partial charge in [0.05, 0.1) is 11.0 Å². The normalized spacial score (nSPS) is 10.9. The molecule has 0 aliphatic carbocycles. The van der Waals surface area contributed by atoms with Crippen LogP contribution in [0.4, 0.5) is 16.6 Å². The molecule has 4 aromatic rings. The maximum absolute atomic E-state index is 6.22. The largest absolute Gasteiger partial charge is 0.393 e. The van der Waals surface area contributed by atoms with E-state index >= 15 is 0 Å². The predicted octanol–water partition coefficient (Wildman–Crippen LogP) is 2.60. The van der Waals surface area contributed by atoms with Crippen LogP contribution < -0.4 is 11.1 Å². The number of nitrogens with two attached hydrogens (primary N) is 1. The molecule has 22 heavy (non-hydrogen) atoms. The summed E-state index contributed by atoms with van der Waals surface area (Å²) in [7, 11) is 0. The molecule has 4 rings (SSSR count). The van der Waals surface area contributed by atoms with Crippen molar-refractivity contribution in [1.29, 1.82) is 0 Å².